The van der Waals surface area contributed by atoms with Crippen molar-refractivity contribution < 1.29 is 98.3 Å². The number of ketones is 1. The summed E-state index contributed by atoms with van der Waals surface area (Å²) in [6.45, 7) is 33.0. The Morgan fingerprint density at radius 2 is 0.890 bits per heavy atom. The number of Topliss-reactive ketones (excluding diaryl/α,β-unsaturated/α-hetero) is 1. The van der Waals surface area contributed by atoms with Gasteiger partial charge in [-0.1, -0.05) is 158 Å². The molecule has 4 aromatic carbocycles. The molecule has 28 heteroatoms. The third-order valence-corrected chi connectivity index (χ3v) is 17.0. The van der Waals surface area contributed by atoms with Crippen molar-refractivity contribution in [2.24, 2.45) is 49.2 Å². The highest BCUT2D eigenvalue weighted by Crippen LogP contribution is 2.31. The second-order valence-electron chi connectivity index (χ2n) is 30.0. The lowest BCUT2D eigenvalue weighted by Gasteiger charge is -2.32. The molecule has 610 valence electrons. The first kappa shape index (κ1) is 95.2. The topological polar surface area (TPSA) is 395 Å². The summed E-state index contributed by atoms with van der Waals surface area (Å²) in [6, 6.07) is 28.0. The second-order valence-corrected chi connectivity index (χ2v) is 30.0. The van der Waals surface area contributed by atoms with Gasteiger partial charge in [0.25, 0.3) is 0 Å². The lowest BCUT2D eigenvalue weighted by molar-refractivity contribution is -0.385. The van der Waals surface area contributed by atoms with Gasteiger partial charge in [-0.05, 0) is 117 Å². The fourth-order valence-electron chi connectivity index (χ4n) is 11.3. The Balaban J connectivity index is 0.000000380. The minimum absolute atomic E-state index is 0.0648. The summed E-state index contributed by atoms with van der Waals surface area (Å²) in [5, 5.41) is 110. The molecule has 2 heterocycles. The third kappa shape index (κ3) is 31.7. The van der Waals surface area contributed by atoms with Crippen molar-refractivity contribution >= 4 is 56.1 Å². The van der Waals surface area contributed by atoms with Gasteiger partial charge in [0.1, 0.15) is 104 Å². The van der Waals surface area contributed by atoms with Crippen molar-refractivity contribution in [2.45, 2.75) is 217 Å². The van der Waals surface area contributed by atoms with Crippen LogP contribution in [0.4, 0.5) is 5.69 Å². The van der Waals surface area contributed by atoms with Gasteiger partial charge in [0.2, 0.25) is 0 Å². The van der Waals surface area contributed by atoms with Gasteiger partial charge in [-0.25, -0.2) is 0 Å². The lowest BCUT2D eigenvalue weighted by atomic mass is 9.83. The average Bonchev–Trinajstić information content (AvgIpc) is 1.67. The van der Waals surface area contributed by atoms with Crippen molar-refractivity contribution in [3.05, 3.63) is 136 Å². The molecule has 12 atom stereocenters. The van der Waals surface area contributed by atoms with Crippen LogP contribution in [0.3, 0.4) is 0 Å². The van der Waals surface area contributed by atoms with Gasteiger partial charge in [0.05, 0.1) is 35.9 Å². The summed E-state index contributed by atoms with van der Waals surface area (Å²) in [5.74, 6) is 0.948. The van der Waals surface area contributed by atoms with Crippen molar-refractivity contribution in [1.29, 1.82) is 0 Å². The summed E-state index contributed by atoms with van der Waals surface area (Å²) in [5.41, 5.74) is 6.10. The van der Waals surface area contributed by atoms with Crippen LogP contribution in [0.2, 0.25) is 0 Å². The van der Waals surface area contributed by atoms with Crippen LogP contribution in [0.25, 0.3) is 21.8 Å². The number of aliphatic hydroxyl groups excluding tert-OH is 8. The minimum Gasteiger partial charge on any atom is -0.490 e. The number of nitrogens with zero attached hydrogens (tertiary/aromatic N) is 5. The molecular weight excluding hydrogens is 1410 g/mol. The highest BCUT2D eigenvalue weighted by molar-refractivity contribution is 5.97. The van der Waals surface area contributed by atoms with E-state index in [-0.39, 0.29) is 71.4 Å². The minimum atomic E-state index is -1.27. The maximum atomic E-state index is 12.6. The second kappa shape index (κ2) is 48.0. The van der Waals surface area contributed by atoms with E-state index in [4.69, 9.17) is 47.8 Å². The summed E-state index contributed by atoms with van der Waals surface area (Å²) in [6.07, 6.45) is -4.81. The van der Waals surface area contributed by atoms with Crippen molar-refractivity contribution in [2.75, 3.05) is 68.1 Å². The number of para-hydroxylation sites is 2. The summed E-state index contributed by atoms with van der Waals surface area (Å²) in [4.78, 5) is 51.3. The number of aryl methyl sites for hydroxylation is 1. The van der Waals surface area contributed by atoms with Crippen LogP contribution in [0, 0.1) is 45.6 Å². The number of methoxy groups -OCH3 is 4. The van der Waals surface area contributed by atoms with Gasteiger partial charge < -0.3 is 98.6 Å². The number of aromatic nitrogens is 2. The average molecular weight is 1530 g/mol. The van der Waals surface area contributed by atoms with Gasteiger partial charge >= 0.3 is 5.69 Å². The van der Waals surface area contributed by atoms with Gasteiger partial charge in [-0.2, -0.15) is 0 Å². The molecule has 0 aliphatic carbocycles. The summed E-state index contributed by atoms with van der Waals surface area (Å²) < 4.78 is 32.9. The van der Waals surface area contributed by atoms with Crippen LogP contribution in [0.5, 0.6) is 11.5 Å². The van der Waals surface area contributed by atoms with E-state index in [9.17, 15) is 55.8 Å². The van der Waals surface area contributed by atoms with E-state index >= 15 is 0 Å². The molecule has 0 aliphatic rings. The van der Waals surface area contributed by atoms with Crippen molar-refractivity contribution in [3.63, 3.8) is 0 Å². The van der Waals surface area contributed by atoms with Crippen LogP contribution in [0.15, 0.2) is 124 Å². The first-order chi connectivity index (χ1) is 51.4. The van der Waals surface area contributed by atoms with E-state index in [0.717, 1.165) is 38.7 Å². The molecule has 0 radical (unpaired) electrons. The Hall–Kier alpha value is -7.97. The number of aliphatic hydroxyl groups is 8. The number of ether oxygens (including phenoxy) is 6. The largest absolute Gasteiger partial charge is 0.490 e. The number of hydrogen-bond acceptors (Lipinski definition) is 25. The number of rotatable bonds is 41. The first-order valence-corrected chi connectivity index (χ1v) is 36.9. The number of benzene rings is 4. The van der Waals surface area contributed by atoms with Gasteiger partial charge in [0.15, 0.2) is 18.1 Å². The molecule has 10 N–H and O–H groups in total. The zero-order valence-corrected chi connectivity index (χ0v) is 67.7. The number of oxime groups is 4. The van der Waals surface area contributed by atoms with E-state index in [1.165, 1.54) is 65.7 Å². The Bertz CT molecular complexity index is 3720. The Morgan fingerprint density at radius 1 is 0.495 bits per heavy atom. The van der Waals surface area contributed by atoms with E-state index in [2.05, 4.69) is 42.7 Å². The van der Waals surface area contributed by atoms with Gasteiger partial charge in [-0.3, -0.25) is 14.9 Å². The smallest absolute Gasteiger partial charge is 0.310 e. The van der Waals surface area contributed by atoms with Crippen LogP contribution < -0.4 is 9.47 Å². The van der Waals surface area contributed by atoms with E-state index in [1.54, 1.807) is 14.2 Å². The van der Waals surface area contributed by atoms with Gasteiger partial charge in [-0.15, -0.1) is 0 Å². The molecule has 109 heavy (non-hydrogen) atoms. The number of carbonyl (C=O) groups is 1. The molecule has 6 aromatic rings. The van der Waals surface area contributed by atoms with Crippen molar-refractivity contribution in [3.8, 4) is 11.5 Å². The number of nitro groups is 1. The summed E-state index contributed by atoms with van der Waals surface area (Å²) in [7, 11) is 6.14. The van der Waals surface area contributed by atoms with Crippen LogP contribution in [-0.2, 0) is 51.1 Å². The highest BCUT2D eigenvalue weighted by atomic mass is 16.7. The molecule has 0 spiro atoms. The number of H-pyrrole nitrogens is 2. The molecule has 0 aliphatic heterocycles. The number of hydrogen-bond donors (Lipinski definition) is 10. The molecule has 0 fully saturated rings. The molecule has 0 amide bonds. The molecule has 6 rings (SSSR count). The van der Waals surface area contributed by atoms with E-state index < -0.39 is 83.6 Å². The Labute approximate surface area is 642 Å². The molecule has 28 nitrogen and oxygen atoms in total. The van der Waals surface area contributed by atoms with Crippen LogP contribution in [0.1, 0.15) is 151 Å². The van der Waals surface area contributed by atoms with Crippen LogP contribution in [-0.4, -0.2) is 226 Å². The maximum absolute atomic E-state index is 12.6. The normalized spacial score (nSPS) is 15.9. The Morgan fingerprint density at radius 3 is 1.27 bits per heavy atom. The predicted molar refractivity (Wildman–Crippen MR) is 424 cm³/mol. The maximum Gasteiger partial charge on any atom is 0.310 e. The molecule has 2 aromatic heterocycles. The third-order valence-electron chi connectivity index (χ3n) is 17.0. The standard InChI is InChI=1S/C24H38N2O8.C20H30N2O4.C19H28N2O4.C18H29NO5/c1-15(2)14-33-20-13-17(10-11-18(20)26(30)31)19(28)9-8-12-34-25-21(22(29)16(3)27)23(32-7)24(4,5)6;1-13(23)18(24)17(19(25-5)20(2,3)4)22-26-11-10-14-12-21-16-9-7-6-8-15(14)16;1-12(2)19(24-4)17(18(23)13(3)22)21-25-10-9-14-11-20-16-8-6-5-7-15(14)16;1-12(2)18(22-5)16(17(21)14(4)20)19-24-11-10-23-15-8-6-13(3)7-9-15/h10-11,13,15-16,22-23,27,29H,8-9,12,14H2,1-7H3;6-9,12-13,18-19,21,23-24H,10-11H2,1-5H3;5-8,11-13,18-20,22-23H,9-10H2,1-4H3;6-9,12,14,17-18,20-21H,10-11H2,1-5H3/b25-21+;22-17-;21-17+;19-16+/t16-,22+,23-;13-,18+,19-;13-,18+,19+;14-,17+,18+/m1111/s1. The number of nitrogens with one attached hydrogen (secondary N) is 2. The fourth-order valence-corrected chi connectivity index (χ4v) is 11.3. The SMILES string of the molecule is CO[C@H](/C(=N/OCCCC(=O)c1ccc([N+](=O)[O-])c(OCC(C)C)c1)[C@@H](O)[C@@H](C)O)C(C)(C)C.CO[C@H](/C(=N/OCCOc1ccc(C)cc1)[C@@H](O)[C@@H](C)O)C(C)C.CO[C@H](/C(=N/OCCc1c[nH]c2ccccc12)[C@@H](O)[C@@H](C)O)C(C)C.CO[C@H](/C(=N\OCCc1c[nH]c2ccccc12)[C@@H](O)[C@@H](C)O)C(C)(C)C. The Kier molecular flexibility index (Phi) is 41.9. The summed E-state index contributed by atoms with van der Waals surface area (Å²) >= 11 is 0. The van der Waals surface area contributed by atoms with Crippen molar-refractivity contribution in [1.82, 2.24) is 9.97 Å². The van der Waals surface area contributed by atoms with E-state index in [0.29, 0.717) is 62.7 Å². The molecule has 0 bridgehead atoms. The zero-order chi connectivity index (χ0) is 81.9. The first-order valence-electron chi connectivity index (χ1n) is 36.9. The molecular formula is C81H125N7O21. The number of nitro benzene ring substituents is 1. The predicted octanol–water partition coefficient (Wildman–Crippen LogP) is 11.3. The molecule has 0 saturated carbocycles. The molecule has 0 saturated heterocycles. The highest BCUT2D eigenvalue weighted by Gasteiger charge is 2.38. The molecule has 0 unspecified atom stereocenters. The lowest BCUT2D eigenvalue weighted by Crippen LogP contribution is -2.46. The number of fused-ring (bicyclic) bond motifs is 2. The van der Waals surface area contributed by atoms with Gasteiger partial charge in [0, 0.05) is 93.5 Å². The number of carbonyl (C=O) groups excluding carboxylic acids is 1. The number of aromatic amines is 2. The fraction of sp³-hybridized carbons (Fsp3) is 0.593. The van der Waals surface area contributed by atoms with Crippen LogP contribution >= 0.6 is 0 Å². The van der Waals surface area contributed by atoms with E-state index in [1.807, 2.05) is 163 Å². The zero-order valence-electron chi connectivity index (χ0n) is 67.7. The monoisotopic (exact) mass is 1530 g/mol. The quantitative estimate of drug-likeness (QED) is 0.00560.